The largest absolute Gasteiger partial charge is 0.353 e. The van der Waals surface area contributed by atoms with Gasteiger partial charge in [-0.15, -0.1) is 12.4 Å². The molecule has 0 radical (unpaired) electrons. The van der Waals surface area contributed by atoms with Gasteiger partial charge in [0, 0.05) is 25.7 Å². The molecule has 0 spiro atoms. The molecule has 2 aliphatic rings. The van der Waals surface area contributed by atoms with Crippen molar-refractivity contribution in [3.8, 4) is 0 Å². The zero-order chi connectivity index (χ0) is 15.2. The number of hydrogen-bond acceptors (Lipinski definition) is 3. The molecule has 2 fully saturated rings. The topological polar surface area (TPSA) is 61.4 Å². The molecule has 0 aromatic heterocycles. The minimum absolute atomic E-state index is 0. The highest BCUT2D eigenvalue weighted by molar-refractivity contribution is 5.85. The summed E-state index contributed by atoms with van der Waals surface area (Å²) in [4.78, 5) is 26.7. The van der Waals surface area contributed by atoms with Crippen LogP contribution in [0.3, 0.4) is 0 Å². The first kappa shape index (κ1) is 19.2. The summed E-state index contributed by atoms with van der Waals surface area (Å²) in [6.07, 6.45) is 4.85. The van der Waals surface area contributed by atoms with E-state index >= 15 is 0 Å². The van der Waals surface area contributed by atoms with Crippen LogP contribution in [0.15, 0.2) is 0 Å². The summed E-state index contributed by atoms with van der Waals surface area (Å²) in [5, 5.41) is 6.33. The van der Waals surface area contributed by atoms with Crippen molar-refractivity contribution in [1.29, 1.82) is 0 Å². The van der Waals surface area contributed by atoms with Crippen LogP contribution < -0.4 is 10.6 Å². The van der Waals surface area contributed by atoms with Crippen LogP contribution in [0, 0.1) is 11.8 Å². The Labute approximate surface area is 140 Å². The van der Waals surface area contributed by atoms with Crippen LogP contribution in [0.5, 0.6) is 0 Å². The van der Waals surface area contributed by atoms with Gasteiger partial charge in [-0.2, -0.15) is 0 Å². The number of hydrogen-bond donors (Lipinski definition) is 2. The predicted molar refractivity (Wildman–Crippen MR) is 90.0 cm³/mol. The molecule has 0 aromatic rings. The predicted octanol–water partition coefficient (Wildman–Crippen LogP) is 1.56. The van der Waals surface area contributed by atoms with Crippen molar-refractivity contribution in [3.63, 3.8) is 0 Å². The molecular formula is C16H30ClN3O2. The molecule has 2 rings (SSSR count). The molecule has 0 bridgehead atoms. The molecule has 0 aliphatic carbocycles. The summed E-state index contributed by atoms with van der Waals surface area (Å²) in [6.45, 7) is 7.31. The lowest BCUT2D eigenvalue weighted by Gasteiger charge is -2.34. The second-order valence-electron chi connectivity index (χ2n) is 6.51. The van der Waals surface area contributed by atoms with Crippen LogP contribution in [-0.2, 0) is 9.59 Å². The Kier molecular flexibility index (Phi) is 8.18. The van der Waals surface area contributed by atoms with E-state index in [1.165, 1.54) is 0 Å². The van der Waals surface area contributed by atoms with Crippen molar-refractivity contribution in [3.05, 3.63) is 0 Å². The molecule has 2 aliphatic heterocycles. The van der Waals surface area contributed by atoms with Gasteiger partial charge >= 0.3 is 0 Å². The van der Waals surface area contributed by atoms with Crippen LogP contribution in [0.1, 0.15) is 46.0 Å². The van der Waals surface area contributed by atoms with E-state index in [1.807, 2.05) is 4.90 Å². The fraction of sp³-hybridized carbons (Fsp3) is 0.875. The van der Waals surface area contributed by atoms with Gasteiger partial charge in [0.05, 0.1) is 11.8 Å². The SMILES string of the molecule is CCCC(C)NC(=O)C1CCCN(C(=O)C2CCNC2)C1.Cl. The molecule has 2 N–H and O–H groups in total. The summed E-state index contributed by atoms with van der Waals surface area (Å²) < 4.78 is 0. The molecule has 3 atom stereocenters. The maximum Gasteiger partial charge on any atom is 0.227 e. The second kappa shape index (κ2) is 9.36. The Morgan fingerprint density at radius 1 is 1.32 bits per heavy atom. The number of nitrogens with one attached hydrogen (secondary N) is 2. The van der Waals surface area contributed by atoms with Gasteiger partial charge in [-0.3, -0.25) is 9.59 Å². The maximum atomic E-state index is 12.4. The third-order valence-corrected chi connectivity index (χ3v) is 4.62. The van der Waals surface area contributed by atoms with Crippen LogP contribution >= 0.6 is 12.4 Å². The van der Waals surface area contributed by atoms with E-state index < -0.39 is 0 Å². The van der Waals surface area contributed by atoms with Gasteiger partial charge in [0.15, 0.2) is 0 Å². The Bertz CT molecular complexity index is 372. The molecule has 128 valence electrons. The van der Waals surface area contributed by atoms with Gasteiger partial charge in [-0.05, 0) is 39.2 Å². The molecule has 22 heavy (non-hydrogen) atoms. The summed E-state index contributed by atoms with van der Waals surface area (Å²) in [5.74, 6) is 0.444. The maximum absolute atomic E-state index is 12.4. The third kappa shape index (κ3) is 5.13. The highest BCUT2D eigenvalue weighted by Gasteiger charge is 2.33. The number of halogens is 1. The molecule has 0 aromatic carbocycles. The summed E-state index contributed by atoms with van der Waals surface area (Å²) >= 11 is 0. The van der Waals surface area contributed by atoms with Gasteiger partial charge in [0.1, 0.15) is 0 Å². The van der Waals surface area contributed by atoms with Gasteiger partial charge in [-0.1, -0.05) is 13.3 Å². The normalized spacial score (nSPS) is 26.2. The average Bonchev–Trinajstić information content (AvgIpc) is 3.01. The lowest BCUT2D eigenvalue weighted by molar-refractivity contribution is -0.138. The first-order chi connectivity index (χ1) is 10.1. The number of rotatable bonds is 5. The Balaban J connectivity index is 0.00000242. The first-order valence-corrected chi connectivity index (χ1v) is 8.41. The summed E-state index contributed by atoms with van der Waals surface area (Å²) in [5.41, 5.74) is 0. The van der Waals surface area contributed by atoms with E-state index in [1.54, 1.807) is 0 Å². The highest BCUT2D eigenvalue weighted by Crippen LogP contribution is 2.21. The lowest BCUT2D eigenvalue weighted by atomic mass is 9.95. The Morgan fingerprint density at radius 3 is 2.73 bits per heavy atom. The zero-order valence-electron chi connectivity index (χ0n) is 13.8. The summed E-state index contributed by atoms with van der Waals surface area (Å²) in [6, 6.07) is 0.229. The minimum Gasteiger partial charge on any atom is -0.353 e. The first-order valence-electron chi connectivity index (χ1n) is 8.41. The van der Waals surface area contributed by atoms with Crippen LogP contribution in [0.2, 0.25) is 0 Å². The van der Waals surface area contributed by atoms with Crippen LogP contribution in [0.25, 0.3) is 0 Å². The Morgan fingerprint density at radius 2 is 2.09 bits per heavy atom. The van der Waals surface area contributed by atoms with Crippen molar-refractivity contribution >= 4 is 24.2 Å². The quantitative estimate of drug-likeness (QED) is 0.803. The number of nitrogens with zero attached hydrogens (tertiary/aromatic N) is 1. The zero-order valence-corrected chi connectivity index (χ0v) is 14.6. The van der Waals surface area contributed by atoms with Gasteiger partial charge < -0.3 is 15.5 Å². The number of piperidine rings is 1. The van der Waals surface area contributed by atoms with E-state index in [-0.39, 0.29) is 42.1 Å². The molecular weight excluding hydrogens is 302 g/mol. The van der Waals surface area contributed by atoms with Crippen molar-refractivity contribution in [2.24, 2.45) is 11.8 Å². The van der Waals surface area contributed by atoms with Crippen molar-refractivity contribution in [1.82, 2.24) is 15.5 Å². The molecule has 2 heterocycles. The monoisotopic (exact) mass is 331 g/mol. The molecule has 6 heteroatoms. The standard InChI is InChI=1S/C16H29N3O2.ClH/c1-3-5-12(2)18-15(20)14-6-4-9-19(11-14)16(21)13-7-8-17-10-13;/h12-14,17H,3-11H2,1-2H3,(H,18,20);1H. The fourth-order valence-corrected chi connectivity index (χ4v) is 3.38. The molecule has 0 saturated carbocycles. The number of likely N-dealkylation sites (tertiary alicyclic amines) is 1. The Hall–Kier alpha value is -0.810. The van der Waals surface area contributed by atoms with Crippen molar-refractivity contribution in [2.75, 3.05) is 26.2 Å². The van der Waals surface area contributed by atoms with E-state index in [0.29, 0.717) is 6.54 Å². The molecule has 5 nitrogen and oxygen atoms in total. The third-order valence-electron chi connectivity index (χ3n) is 4.62. The van der Waals surface area contributed by atoms with Gasteiger partial charge in [0.25, 0.3) is 0 Å². The molecule has 2 saturated heterocycles. The van der Waals surface area contributed by atoms with E-state index in [4.69, 9.17) is 0 Å². The average molecular weight is 332 g/mol. The van der Waals surface area contributed by atoms with Gasteiger partial charge in [-0.25, -0.2) is 0 Å². The molecule has 3 unspecified atom stereocenters. The lowest BCUT2D eigenvalue weighted by Crippen LogP contribution is -2.48. The van der Waals surface area contributed by atoms with Crippen molar-refractivity contribution in [2.45, 2.75) is 52.0 Å². The number of carbonyl (C=O) groups is 2. The van der Waals surface area contributed by atoms with E-state index in [2.05, 4.69) is 24.5 Å². The highest BCUT2D eigenvalue weighted by atomic mass is 35.5. The smallest absolute Gasteiger partial charge is 0.227 e. The van der Waals surface area contributed by atoms with Crippen LogP contribution in [0.4, 0.5) is 0 Å². The second-order valence-corrected chi connectivity index (χ2v) is 6.51. The minimum atomic E-state index is -0.0311. The van der Waals surface area contributed by atoms with Gasteiger partial charge in [0.2, 0.25) is 11.8 Å². The van der Waals surface area contributed by atoms with E-state index in [0.717, 1.165) is 51.7 Å². The van der Waals surface area contributed by atoms with E-state index in [9.17, 15) is 9.59 Å². The number of carbonyl (C=O) groups excluding carboxylic acids is 2. The van der Waals surface area contributed by atoms with Crippen molar-refractivity contribution < 1.29 is 9.59 Å². The number of amides is 2. The molecule has 2 amide bonds. The van der Waals surface area contributed by atoms with Crippen LogP contribution in [-0.4, -0.2) is 48.9 Å². The summed E-state index contributed by atoms with van der Waals surface area (Å²) in [7, 11) is 0. The fourth-order valence-electron chi connectivity index (χ4n) is 3.38.